The van der Waals surface area contributed by atoms with Gasteiger partial charge in [-0.05, 0) is 17.5 Å². The Hall–Kier alpha value is -1.10. The minimum atomic E-state index is -3.00. The van der Waals surface area contributed by atoms with E-state index in [1.807, 2.05) is 0 Å². The maximum Gasteiger partial charge on any atom is 0.267 e. The molecule has 0 amide bonds. The summed E-state index contributed by atoms with van der Waals surface area (Å²) in [5, 5.41) is 1.61. The number of rotatable bonds is 1. The number of benzene rings is 1. The van der Waals surface area contributed by atoms with Crippen molar-refractivity contribution in [3.8, 4) is 0 Å². The van der Waals surface area contributed by atoms with Crippen LogP contribution in [0.4, 0.5) is 17.6 Å². The number of halogens is 4. The molecule has 2 aromatic rings. The van der Waals surface area contributed by atoms with Gasteiger partial charge in [0.05, 0.1) is 5.56 Å². The maximum absolute atomic E-state index is 13.0. The quantitative estimate of drug-likeness (QED) is 0.634. The highest BCUT2D eigenvalue weighted by Crippen LogP contribution is 2.34. The van der Waals surface area contributed by atoms with Gasteiger partial charge >= 0.3 is 0 Å². The van der Waals surface area contributed by atoms with E-state index in [0.717, 1.165) is 17.4 Å². The maximum atomic E-state index is 13.0. The van der Waals surface area contributed by atoms with Crippen LogP contribution in [-0.2, 0) is 0 Å². The Labute approximate surface area is 80.8 Å². The van der Waals surface area contributed by atoms with E-state index in [1.54, 1.807) is 0 Å². The van der Waals surface area contributed by atoms with Crippen molar-refractivity contribution in [2.75, 3.05) is 0 Å². The predicted molar refractivity (Wildman–Crippen MR) is 46.7 cm³/mol. The lowest BCUT2D eigenvalue weighted by Gasteiger charge is -2.04. The second kappa shape index (κ2) is 3.24. The minimum absolute atomic E-state index is 0.0869. The third-order valence-electron chi connectivity index (χ3n) is 1.91. The second-order valence-corrected chi connectivity index (χ2v) is 3.67. The van der Waals surface area contributed by atoms with Crippen molar-refractivity contribution >= 4 is 21.4 Å². The van der Waals surface area contributed by atoms with E-state index in [1.165, 1.54) is 11.4 Å². The summed E-state index contributed by atoms with van der Waals surface area (Å²) < 4.78 is 51.0. The first-order chi connectivity index (χ1) is 6.61. The molecule has 74 valence electrons. The molecule has 1 aromatic heterocycles. The van der Waals surface area contributed by atoms with Crippen LogP contribution in [0.1, 0.15) is 12.0 Å². The highest BCUT2D eigenvalue weighted by atomic mass is 32.1. The molecule has 1 heterocycles. The molecule has 0 bridgehead atoms. The molecule has 5 heteroatoms. The Morgan fingerprint density at radius 1 is 1.21 bits per heavy atom. The van der Waals surface area contributed by atoms with Gasteiger partial charge in [0.2, 0.25) is 0 Å². The zero-order chi connectivity index (χ0) is 10.3. The van der Waals surface area contributed by atoms with Crippen LogP contribution in [0.15, 0.2) is 17.5 Å². The third kappa shape index (κ3) is 1.28. The van der Waals surface area contributed by atoms with Crippen LogP contribution in [0.2, 0.25) is 0 Å². The number of fused-ring (bicyclic) bond motifs is 1. The normalized spacial score (nSPS) is 11.5. The van der Waals surface area contributed by atoms with Gasteiger partial charge in [-0.3, -0.25) is 0 Å². The van der Waals surface area contributed by atoms with Crippen LogP contribution < -0.4 is 0 Å². The SMILES string of the molecule is Fc1cc2sccc2c(C(F)F)c1F. The Bertz CT molecular complexity index is 475. The number of hydrogen-bond acceptors (Lipinski definition) is 1. The van der Waals surface area contributed by atoms with Gasteiger partial charge in [-0.25, -0.2) is 17.6 Å². The lowest BCUT2D eigenvalue weighted by atomic mass is 10.1. The molecule has 0 saturated heterocycles. The van der Waals surface area contributed by atoms with E-state index in [-0.39, 0.29) is 5.39 Å². The van der Waals surface area contributed by atoms with Gasteiger partial charge in [-0.15, -0.1) is 11.3 Å². The molecule has 0 nitrogen and oxygen atoms in total. The summed E-state index contributed by atoms with van der Waals surface area (Å²) in [5.74, 6) is -2.68. The summed E-state index contributed by atoms with van der Waals surface area (Å²) in [6.07, 6.45) is -3.00. The molecule has 0 unspecified atom stereocenters. The largest absolute Gasteiger partial charge is 0.267 e. The van der Waals surface area contributed by atoms with E-state index >= 15 is 0 Å². The Balaban J connectivity index is 2.86. The number of thiophene rings is 1. The highest BCUT2D eigenvalue weighted by Gasteiger charge is 2.21. The monoisotopic (exact) mass is 220 g/mol. The summed E-state index contributed by atoms with van der Waals surface area (Å²) in [4.78, 5) is 0. The highest BCUT2D eigenvalue weighted by molar-refractivity contribution is 7.17. The molecule has 0 radical (unpaired) electrons. The molecule has 0 fully saturated rings. The van der Waals surface area contributed by atoms with Gasteiger partial charge in [0.25, 0.3) is 6.43 Å². The van der Waals surface area contributed by atoms with Crippen molar-refractivity contribution in [2.45, 2.75) is 6.43 Å². The van der Waals surface area contributed by atoms with Crippen molar-refractivity contribution in [2.24, 2.45) is 0 Å². The van der Waals surface area contributed by atoms with Crippen molar-refractivity contribution in [1.29, 1.82) is 0 Å². The zero-order valence-electron chi connectivity index (χ0n) is 6.73. The molecule has 0 spiro atoms. The lowest BCUT2D eigenvalue weighted by molar-refractivity contribution is 0.147. The summed E-state index contributed by atoms with van der Waals surface area (Å²) in [7, 11) is 0. The van der Waals surface area contributed by atoms with Crippen LogP contribution in [0, 0.1) is 11.6 Å². The van der Waals surface area contributed by atoms with Gasteiger partial charge in [-0.1, -0.05) is 0 Å². The molecule has 0 aliphatic heterocycles. The number of hydrogen-bond donors (Lipinski definition) is 0. The molecule has 2 rings (SSSR count). The summed E-state index contributed by atoms with van der Waals surface area (Å²) in [6.45, 7) is 0. The Morgan fingerprint density at radius 2 is 1.93 bits per heavy atom. The average Bonchev–Trinajstić information content (AvgIpc) is 2.52. The van der Waals surface area contributed by atoms with E-state index in [0.29, 0.717) is 4.70 Å². The first-order valence-electron chi connectivity index (χ1n) is 3.74. The van der Waals surface area contributed by atoms with E-state index < -0.39 is 23.6 Å². The smallest absolute Gasteiger partial charge is 0.205 e. The fourth-order valence-corrected chi connectivity index (χ4v) is 2.12. The summed E-state index contributed by atoms with van der Waals surface area (Å²) >= 11 is 1.10. The molecule has 14 heavy (non-hydrogen) atoms. The Morgan fingerprint density at radius 3 is 2.57 bits per heavy atom. The average molecular weight is 220 g/mol. The number of alkyl halides is 2. The van der Waals surface area contributed by atoms with Crippen LogP contribution in [-0.4, -0.2) is 0 Å². The van der Waals surface area contributed by atoms with Crippen LogP contribution in [0.3, 0.4) is 0 Å². The van der Waals surface area contributed by atoms with Crippen molar-refractivity contribution < 1.29 is 17.6 Å². The van der Waals surface area contributed by atoms with Gasteiger partial charge in [0.15, 0.2) is 11.6 Å². The molecule has 0 atom stereocenters. The van der Waals surface area contributed by atoms with Gasteiger partial charge < -0.3 is 0 Å². The summed E-state index contributed by atoms with van der Waals surface area (Å²) in [5.41, 5.74) is -0.846. The molecule has 1 aromatic carbocycles. The van der Waals surface area contributed by atoms with Crippen LogP contribution in [0.25, 0.3) is 10.1 Å². The molecule has 0 aliphatic carbocycles. The third-order valence-corrected chi connectivity index (χ3v) is 2.77. The van der Waals surface area contributed by atoms with Crippen molar-refractivity contribution in [3.63, 3.8) is 0 Å². The summed E-state index contributed by atoms with van der Waals surface area (Å²) in [6, 6.07) is 2.30. The first kappa shape index (κ1) is 9.45. The Kier molecular flexibility index (Phi) is 2.19. The zero-order valence-corrected chi connectivity index (χ0v) is 7.55. The van der Waals surface area contributed by atoms with E-state index in [9.17, 15) is 17.6 Å². The molecule has 0 aliphatic rings. The minimum Gasteiger partial charge on any atom is -0.205 e. The molecular formula is C9H4F4S. The first-order valence-corrected chi connectivity index (χ1v) is 4.62. The van der Waals surface area contributed by atoms with Crippen molar-refractivity contribution in [3.05, 3.63) is 34.7 Å². The molecule has 0 saturated carbocycles. The van der Waals surface area contributed by atoms with Gasteiger partial charge in [-0.2, -0.15) is 0 Å². The van der Waals surface area contributed by atoms with Gasteiger partial charge in [0.1, 0.15) is 0 Å². The van der Waals surface area contributed by atoms with E-state index in [2.05, 4.69) is 0 Å². The van der Waals surface area contributed by atoms with Crippen molar-refractivity contribution in [1.82, 2.24) is 0 Å². The lowest BCUT2D eigenvalue weighted by Crippen LogP contribution is -1.95. The molecule has 0 N–H and O–H groups in total. The van der Waals surface area contributed by atoms with Crippen LogP contribution >= 0.6 is 11.3 Å². The van der Waals surface area contributed by atoms with Gasteiger partial charge in [0, 0.05) is 10.1 Å². The molecular weight excluding hydrogens is 216 g/mol. The fraction of sp³-hybridized carbons (Fsp3) is 0.111. The predicted octanol–water partition coefficient (Wildman–Crippen LogP) is 4.12. The fourth-order valence-electron chi connectivity index (χ4n) is 1.29. The standard InChI is InChI=1S/C9H4F4S/c10-5-3-6-4(1-2-14-6)7(8(5)11)9(12)13/h1-3,9H. The van der Waals surface area contributed by atoms with E-state index in [4.69, 9.17) is 0 Å². The second-order valence-electron chi connectivity index (χ2n) is 2.72. The van der Waals surface area contributed by atoms with Crippen LogP contribution in [0.5, 0.6) is 0 Å². The topological polar surface area (TPSA) is 0 Å².